The van der Waals surface area contributed by atoms with Crippen LogP contribution in [0.15, 0.2) is 72.8 Å². The number of rotatable bonds is 19. The Morgan fingerprint density at radius 3 is 2.20 bits per heavy atom. The van der Waals surface area contributed by atoms with Crippen LogP contribution in [0.2, 0.25) is 0 Å². The number of aliphatic hydroxyl groups is 6. The fourth-order valence-electron chi connectivity index (χ4n) is 6.94. The molecule has 0 bridgehead atoms. The number of sulfonamides is 1. The molecule has 2 heterocycles. The minimum atomic E-state index is -3.28. The van der Waals surface area contributed by atoms with Crippen LogP contribution < -0.4 is 9.62 Å². The molecule has 9 atom stereocenters. The summed E-state index contributed by atoms with van der Waals surface area (Å²) in [7, 11) is -3.28. The largest absolute Gasteiger partial charge is 0.479 e. The topological polar surface area (TPSA) is 244 Å². The number of anilines is 1. The molecule has 2 fully saturated rings. The standard InChI is InChI=1S/C39H49FN2O13S/c1-56(52,53)41-20-2-3-23-6-14-28(15-7-23)42-31(29(36(42)48)16-17-30(44)25-10-12-27(40)13-11-25)26-8-4-24(5-9-26)18-19-39(51,21-43)22-54-38-34(47)32(45)33(46)35(55-38)37(49)50/h4-15,29-35,38,41,43-47,51H,2-3,16-22H2,1H3,(H,49,50)/t29-,30+,31-,32+,33+,34-,35+,38?,39?/m1/s1. The monoisotopic (exact) mass is 804 g/mol. The number of halogens is 1. The summed E-state index contributed by atoms with van der Waals surface area (Å²) in [6.45, 7) is -1.06. The average Bonchev–Trinajstić information content (AvgIpc) is 3.17. The molecule has 15 nitrogen and oxygen atoms in total. The maximum absolute atomic E-state index is 13.7. The van der Waals surface area contributed by atoms with Gasteiger partial charge in [-0.2, -0.15) is 0 Å². The molecule has 0 aliphatic carbocycles. The highest BCUT2D eigenvalue weighted by molar-refractivity contribution is 7.88. The molecule has 56 heavy (non-hydrogen) atoms. The summed E-state index contributed by atoms with van der Waals surface area (Å²) < 4.78 is 49.1. The zero-order chi connectivity index (χ0) is 40.8. The molecule has 0 saturated carbocycles. The van der Waals surface area contributed by atoms with E-state index in [4.69, 9.17) is 9.47 Å². The van der Waals surface area contributed by atoms with E-state index >= 15 is 0 Å². The third-order valence-corrected chi connectivity index (χ3v) is 11.0. The molecule has 1 amide bonds. The van der Waals surface area contributed by atoms with Crippen molar-refractivity contribution in [3.05, 3.63) is 101 Å². The molecule has 2 aliphatic rings. The van der Waals surface area contributed by atoms with Crippen LogP contribution in [0.3, 0.4) is 0 Å². The second-order valence-electron chi connectivity index (χ2n) is 14.5. The first kappa shape index (κ1) is 43.2. The molecule has 0 aromatic heterocycles. The van der Waals surface area contributed by atoms with Gasteiger partial charge in [-0.3, -0.25) is 4.79 Å². The average molecular weight is 805 g/mol. The van der Waals surface area contributed by atoms with E-state index in [1.165, 1.54) is 24.3 Å². The number of carbonyl (C=O) groups excluding carboxylic acids is 1. The van der Waals surface area contributed by atoms with Crippen LogP contribution in [0, 0.1) is 11.7 Å². The fourth-order valence-corrected chi connectivity index (χ4v) is 7.46. The predicted octanol–water partition coefficient (Wildman–Crippen LogP) is 1.09. The highest BCUT2D eigenvalue weighted by Crippen LogP contribution is 2.46. The number of amides is 1. The summed E-state index contributed by atoms with van der Waals surface area (Å²) in [6.07, 6.45) is -6.99. The highest BCUT2D eigenvalue weighted by atomic mass is 32.2. The van der Waals surface area contributed by atoms with Gasteiger partial charge in [0.1, 0.15) is 29.7 Å². The molecule has 0 radical (unpaired) electrons. The number of carbonyl (C=O) groups is 2. The van der Waals surface area contributed by atoms with Gasteiger partial charge in [0.15, 0.2) is 12.4 Å². The number of β-lactam (4-membered cyclic amide) rings is 1. The van der Waals surface area contributed by atoms with Crippen molar-refractivity contribution in [3.63, 3.8) is 0 Å². The van der Waals surface area contributed by atoms with Crippen molar-refractivity contribution in [1.29, 1.82) is 0 Å². The lowest BCUT2D eigenvalue weighted by molar-refractivity contribution is -0.303. The van der Waals surface area contributed by atoms with Gasteiger partial charge in [-0.25, -0.2) is 22.3 Å². The van der Waals surface area contributed by atoms with Gasteiger partial charge < -0.3 is 50.1 Å². The first-order valence-corrected chi connectivity index (χ1v) is 20.2. The van der Waals surface area contributed by atoms with Crippen LogP contribution in [0.25, 0.3) is 0 Å². The van der Waals surface area contributed by atoms with Crippen molar-refractivity contribution in [2.45, 2.75) is 87.0 Å². The fraction of sp³-hybridized carbons (Fsp3) is 0.487. The second kappa shape index (κ2) is 18.6. The third kappa shape index (κ3) is 10.7. The molecular formula is C39H49FN2O13S. The minimum Gasteiger partial charge on any atom is -0.479 e. The van der Waals surface area contributed by atoms with Crippen LogP contribution in [-0.4, -0.2) is 118 Å². The molecule has 2 unspecified atom stereocenters. The van der Waals surface area contributed by atoms with E-state index < -0.39 is 89.4 Å². The normalized spacial score (nSPS) is 25.7. The Labute approximate surface area is 324 Å². The van der Waals surface area contributed by atoms with Crippen LogP contribution in [0.4, 0.5) is 10.1 Å². The molecule has 3 aromatic carbocycles. The first-order chi connectivity index (χ1) is 26.5. The number of carboxylic acids is 1. The lowest BCUT2D eigenvalue weighted by Crippen LogP contribution is -2.61. The number of hydrogen-bond acceptors (Lipinski definition) is 12. The van der Waals surface area contributed by atoms with Gasteiger partial charge in [0.2, 0.25) is 15.9 Å². The number of benzene rings is 3. The van der Waals surface area contributed by atoms with Gasteiger partial charge in [0.05, 0.1) is 37.5 Å². The number of nitrogens with one attached hydrogen (secondary N) is 1. The number of ether oxygens (including phenoxy) is 2. The zero-order valence-corrected chi connectivity index (χ0v) is 31.5. The third-order valence-electron chi connectivity index (χ3n) is 10.3. The first-order valence-electron chi connectivity index (χ1n) is 18.3. The molecule has 2 aliphatic heterocycles. The summed E-state index contributed by atoms with van der Waals surface area (Å²) in [6, 6.07) is 19.9. The van der Waals surface area contributed by atoms with E-state index in [9.17, 15) is 58.1 Å². The van der Waals surface area contributed by atoms with E-state index in [-0.39, 0.29) is 25.2 Å². The van der Waals surface area contributed by atoms with E-state index in [1.807, 2.05) is 48.5 Å². The summed E-state index contributed by atoms with van der Waals surface area (Å²) >= 11 is 0. The Morgan fingerprint density at radius 1 is 0.964 bits per heavy atom. The summed E-state index contributed by atoms with van der Waals surface area (Å²) in [5.74, 6) is -2.63. The number of aliphatic carboxylic acids is 1. The minimum absolute atomic E-state index is 0.0339. The van der Waals surface area contributed by atoms with Crippen molar-refractivity contribution < 1.29 is 67.6 Å². The Hall–Kier alpha value is -3.88. The number of carboxylic acid groups (broad SMARTS) is 1. The molecule has 3 aromatic rings. The second-order valence-corrected chi connectivity index (χ2v) is 16.3. The van der Waals surface area contributed by atoms with Crippen molar-refractivity contribution in [1.82, 2.24) is 4.72 Å². The lowest BCUT2D eigenvalue weighted by Gasteiger charge is -2.48. The highest BCUT2D eigenvalue weighted by Gasteiger charge is 2.49. The maximum Gasteiger partial charge on any atom is 0.335 e. The number of nitrogens with zero attached hydrogens (tertiary/aromatic N) is 1. The van der Waals surface area contributed by atoms with Gasteiger partial charge in [0.25, 0.3) is 0 Å². The quantitative estimate of drug-likeness (QED) is 0.0626. The Balaban J connectivity index is 1.26. The van der Waals surface area contributed by atoms with Crippen molar-refractivity contribution in [3.8, 4) is 0 Å². The van der Waals surface area contributed by atoms with Crippen LogP contribution >= 0.6 is 0 Å². The Kier molecular flexibility index (Phi) is 14.4. The van der Waals surface area contributed by atoms with Crippen molar-refractivity contribution in [2.75, 3.05) is 30.9 Å². The van der Waals surface area contributed by atoms with Crippen LogP contribution in [-0.2, 0) is 41.9 Å². The van der Waals surface area contributed by atoms with E-state index in [2.05, 4.69) is 4.72 Å². The van der Waals surface area contributed by atoms with E-state index in [0.29, 0.717) is 37.1 Å². The van der Waals surface area contributed by atoms with Crippen LogP contribution in [0.5, 0.6) is 0 Å². The van der Waals surface area contributed by atoms with Gasteiger partial charge in [-0.15, -0.1) is 0 Å². The van der Waals surface area contributed by atoms with Gasteiger partial charge >= 0.3 is 5.97 Å². The molecule has 306 valence electrons. The molecular weight excluding hydrogens is 755 g/mol. The molecule has 2 saturated heterocycles. The van der Waals surface area contributed by atoms with Gasteiger partial charge in [-0.05, 0) is 85.0 Å². The Morgan fingerprint density at radius 2 is 1.59 bits per heavy atom. The van der Waals surface area contributed by atoms with Gasteiger partial charge in [0, 0.05) is 12.2 Å². The van der Waals surface area contributed by atoms with Crippen LogP contribution in [0.1, 0.15) is 60.1 Å². The summed E-state index contributed by atoms with van der Waals surface area (Å²) in [4.78, 5) is 26.8. The predicted molar refractivity (Wildman–Crippen MR) is 199 cm³/mol. The van der Waals surface area contributed by atoms with Gasteiger partial charge in [-0.1, -0.05) is 48.5 Å². The Bertz CT molecular complexity index is 1880. The number of aryl methyl sites for hydroxylation is 2. The van der Waals surface area contributed by atoms with Crippen molar-refractivity contribution >= 4 is 27.6 Å². The summed E-state index contributed by atoms with van der Waals surface area (Å²) in [5.41, 5.74) is 1.88. The summed E-state index contributed by atoms with van der Waals surface area (Å²) in [5, 5.41) is 71.4. The smallest absolute Gasteiger partial charge is 0.335 e. The molecule has 8 N–H and O–H groups in total. The maximum atomic E-state index is 13.7. The number of hydrogen-bond donors (Lipinski definition) is 8. The number of aliphatic hydroxyl groups excluding tert-OH is 5. The molecule has 0 spiro atoms. The van der Waals surface area contributed by atoms with E-state index in [1.54, 1.807) is 4.90 Å². The zero-order valence-electron chi connectivity index (χ0n) is 30.7. The van der Waals surface area contributed by atoms with E-state index in [0.717, 1.165) is 22.9 Å². The molecule has 5 rings (SSSR count). The SMILES string of the molecule is CS(=O)(=O)NCCCc1ccc(N2C(=O)[C@H](CC[C@H](O)c3ccc(F)cc3)[C@H]2c2ccc(CCC(O)(CO)COC3O[C@H](C(=O)O)[C@@H](O)[C@H](O)[C@H]3O)cc2)cc1. The van der Waals surface area contributed by atoms with Crippen molar-refractivity contribution in [2.24, 2.45) is 5.92 Å². The lowest BCUT2D eigenvalue weighted by atomic mass is 9.78. The molecule has 17 heteroatoms.